The van der Waals surface area contributed by atoms with Crippen LogP contribution >= 0.6 is 0 Å². The van der Waals surface area contributed by atoms with Crippen LogP contribution in [-0.4, -0.2) is 33.6 Å². The maximum atomic E-state index is 13.6. The van der Waals surface area contributed by atoms with Crippen molar-refractivity contribution in [2.45, 2.75) is 142 Å². The van der Waals surface area contributed by atoms with Crippen molar-refractivity contribution in [1.82, 2.24) is 5.01 Å². The molecule has 1 rings (SSSR count). The molecule has 1 unspecified atom stereocenters. The minimum absolute atomic E-state index is 0.0404. The number of aliphatic hydroxyl groups is 1. The smallest absolute Gasteiger partial charge is 0.362 e. The summed E-state index contributed by atoms with van der Waals surface area (Å²) in [7, 11) is 0. The second-order valence-corrected chi connectivity index (χ2v) is 10.0. The lowest BCUT2D eigenvalue weighted by molar-refractivity contribution is -0.302. The second-order valence-electron chi connectivity index (χ2n) is 10.0. The lowest BCUT2D eigenvalue weighted by Gasteiger charge is -2.32. The van der Waals surface area contributed by atoms with E-state index in [1.165, 1.54) is 38.5 Å². The zero-order valence-corrected chi connectivity index (χ0v) is 22.1. The molecule has 0 fully saturated rings. The van der Waals surface area contributed by atoms with E-state index in [1.807, 2.05) is 19.9 Å². The van der Waals surface area contributed by atoms with Crippen molar-refractivity contribution in [3.63, 3.8) is 0 Å². The fourth-order valence-electron chi connectivity index (χ4n) is 4.22. The van der Waals surface area contributed by atoms with Gasteiger partial charge in [-0.05, 0) is 58.8 Å². The minimum atomic E-state index is -4.95. The van der Waals surface area contributed by atoms with Crippen LogP contribution in [0.1, 0.15) is 130 Å². The van der Waals surface area contributed by atoms with Gasteiger partial charge in [0.2, 0.25) is 5.91 Å². The van der Waals surface area contributed by atoms with Crippen LogP contribution in [0.5, 0.6) is 0 Å². The van der Waals surface area contributed by atoms with Gasteiger partial charge in [0.1, 0.15) is 0 Å². The fourth-order valence-corrected chi connectivity index (χ4v) is 4.22. The molecule has 0 radical (unpaired) electrons. The molecule has 4 nitrogen and oxygen atoms in total. The van der Waals surface area contributed by atoms with Crippen LogP contribution in [0.25, 0.3) is 0 Å². The van der Waals surface area contributed by atoms with Crippen molar-refractivity contribution in [2.24, 2.45) is 5.10 Å². The molecule has 0 aromatic carbocycles. The van der Waals surface area contributed by atoms with Crippen molar-refractivity contribution in [3.8, 4) is 0 Å². The fraction of sp³-hybridized carbons (Fsp3) is 0.786. The Kier molecular flexibility index (Phi) is 15.2. The third-order valence-electron chi connectivity index (χ3n) is 6.37. The topological polar surface area (TPSA) is 52.9 Å². The van der Waals surface area contributed by atoms with Gasteiger partial charge in [0.15, 0.2) is 0 Å². The number of nitrogens with zero attached hydrogens (tertiary/aromatic N) is 2. The zero-order valence-electron chi connectivity index (χ0n) is 22.1. The summed E-state index contributed by atoms with van der Waals surface area (Å²) in [5, 5.41) is 14.5. The number of unbranched alkanes of at least 4 members (excludes halogenated alkanes) is 11. The maximum Gasteiger partial charge on any atom is 0.438 e. The summed E-state index contributed by atoms with van der Waals surface area (Å²) in [6.45, 7) is 6.05. The van der Waals surface area contributed by atoms with Crippen LogP contribution in [-0.2, 0) is 4.79 Å². The lowest BCUT2D eigenvalue weighted by Crippen LogP contribution is -2.56. The van der Waals surface area contributed by atoms with E-state index in [-0.39, 0.29) is 12.1 Å². The van der Waals surface area contributed by atoms with Gasteiger partial charge in [-0.15, -0.1) is 0 Å². The first kappa shape index (κ1) is 31.4. The molecule has 0 aromatic heterocycles. The Bertz CT molecular complexity index is 697. The highest BCUT2D eigenvalue weighted by Crippen LogP contribution is 2.41. The van der Waals surface area contributed by atoms with Crippen molar-refractivity contribution >= 4 is 11.6 Å². The average Bonchev–Trinajstić information content (AvgIpc) is 3.13. The van der Waals surface area contributed by atoms with Crippen molar-refractivity contribution in [3.05, 3.63) is 23.8 Å². The van der Waals surface area contributed by atoms with Crippen LogP contribution < -0.4 is 0 Å². The summed E-state index contributed by atoms with van der Waals surface area (Å²) in [5.41, 5.74) is -1.96. The molecule has 7 heteroatoms. The van der Waals surface area contributed by atoms with Crippen LogP contribution in [0.4, 0.5) is 13.2 Å². The van der Waals surface area contributed by atoms with Crippen LogP contribution in [0.3, 0.4) is 0 Å². The number of hydrogen-bond acceptors (Lipinski definition) is 3. The van der Waals surface area contributed by atoms with Crippen LogP contribution in [0.15, 0.2) is 28.9 Å². The number of hydrazone groups is 1. The molecule has 1 aliphatic rings. The molecule has 0 saturated heterocycles. The molecule has 1 N–H and O–H groups in total. The van der Waals surface area contributed by atoms with E-state index >= 15 is 0 Å². The number of allylic oxidation sites excluding steroid dienone is 4. The Hall–Kier alpha value is -1.63. The van der Waals surface area contributed by atoms with E-state index in [2.05, 4.69) is 24.2 Å². The molecule has 0 aliphatic carbocycles. The summed E-state index contributed by atoms with van der Waals surface area (Å²) in [5.74, 6) is -0.764. The Morgan fingerprint density at radius 1 is 0.943 bits per heavy atom. The van der Waals surface area contributed by atoms with Gasteiger partial charge in [0.05, 0.1) is 0 Å². The van der Waals surface area contributed by atoms with E-state index in [9.17, 15) is 23.1 Å². The van der Waals surface area contributed by atoms with E-state index in [1.54, 1.807) is 0 Å². The molecule has 1 amide bonds. The second kappa shape index (κ2) is 16.9. The Labute approximate surface area is 210 Å². The molecule has 0 bridgehead atoms. The van der Waals surface area contributed by atoms with Gasteiger partial charge in [-0.2, -0.15) is 23.3 Å². The normalized spacial score (nSPS) is 18.4. The van der Waals surface area contributed by atoms with E-state index in [0.29, 0.717) is 24.3 Å². The number of alkyl halides is 3. The Morgan fingerprint density at radius 3 is 2.03 bits per heavy atom. The highest BCUT2D eigenvalue weighted by Gasteiger charge is 2.62. The van der Waals surface area contributed by atoms with Crippen molar-refractivity contribution in [2.75, 3.05) is 0 Å². The van der Waals surface area contributed by atoms with Gasteiger partial charge >= 0.3 is 6.18 Å². The summed E-state index contributed by atoms with van der Waals surface area (Å²) in [4.78, 5) is 12.5. The van der Waals surface area contributed by atoms with Gasteiger partial charge < -0.3 is 5.11 Å². The first-order valence-electron chi connectivity index (χ1n) is 13.6. The largest absolute Gasteiger partial charge is 0.438 e. The quantitative estimate of drug-likeness (QED) is 0.151. The predicted octanol–water partition coefficient (Wildman–Crippen LogP) is 8.61. The minimum Gasteiger partial charge on any atom is -0.362 e. The van der Waals surface area contributed by atoms with Gasteiger partial charge in [0, 0.05) is 18.6 Å². The third-order valence-corrected chi connectivity index (χ3v) is 6.37. The number of carbonyl (C=O) groups is 1. The molecule has 0 aromatic rings. The molecule has 1 aliphatic heterocycles. The van der Waals surface area contributed by atoms with Crippen molar-refractivity contribution in [1.29, 1.82) is 0 Å². The molecular formula is C28H47F3N2O2. The van der Waals surface area contributed by atoms with E-state index in [4.69, 9.17) is 0 Å². The summed E-state index contributed by atoms with van der Waals surface area (Å²) in [6.07, 6.45) is 16.0. The van der Waals surface area contributed by atoms with E-state index < -0.39 is 24.2 Å². The van der Waals surface area contributed by atoms with Crippen LogP contribution in [0, 0.1) is 0 Å². The van der Waals surface area contributed by atoms with Crippen molar-refractivity contribution < 1.29 is 23.1 Å². The highest BCUT2D eigenvalue weighted by atomic mass is 19.4. The predicted molar refractivity (Wildman–Crippen MR) is 138 cm³/mol. The van der Waals surface area contributed by atoms with Gasteiger partial charge in [-0.3, -0.25) is 4.79 Å². The number of amides is 1. The summed E-state index contributed by atoms with van der Waals surface area (Å²) in [6, 6.07) is 0. The third kappa shape index (κ3) is 12.2. The molecule has 35 heavy (non-hydrogen) atoms. The van der Waals surface area contributed by atoms with Gasteiger partial charge in [0.25, 0.3) is 5.72 Å². The molecule has 0 spiro atoms. The number of halogens is 3. The summed E-state index contributed by atoms with van der Waals surface area (Å²) < 4.78 is 40.7. The molecule has 1 heterocycles. The summed E-state index contributed by atoms with van der Waals surface area (Å²) >= 11 is 0. The first-order chi connectivity index (χ1) is 16.6. The molecule has 1 atom stereocenters. The van der Waals surface area contributed by atoms with Gasteiger partial charge in [-0.25, -0.2) is 0 Å². The number of hydrogen-bond donors (Lipinski definition) is 1. The number of carbonyl (C=O) groups excluding carboxylic acids is 1. The highest BCUT2D eigenvalue weighted by molar-refractivity contribution is 5.90. The Morgan fingerprint density at radius 2 is 1.49 bits per heavy atom. The van der Waals surface area contributed by atoms with Crippen LogP contribution in [0.2, 0.25) is 0 Å². The molecule has 202 valence electrons. The zero-order chi connectivity index (χ0) is 26.2. The SMILES string of the molecule is CCCCCCCC/C=C\CCCCCCCC(=O)N1N=C(CCC=C(C)C)CC1(O)C(F)(F)F. The monoisotopic (exact) mass is 500 g/mol. The van der Waals surface area contributed by atoms with Gasteiger partial charge in [-0.1, -0.05) is 82.1 Å². The molecular weight excluding hydrogens is 453 g/mol. The number of rotatable bonds is 18. The lowest BCUT2D eigenvalue weighted by atomic mass is 10.0. The maximum absolute atomic E-state index is 13.6. The van der Waals surface area contributed by atoms with E-state index in [0.717, 1.165) is 44.1 Å². The Balaban J connectivity index is 2.27. The average molecular weight is 501 g/mol. The standard InChI is InChI=1S/C28H47F3N2O2/c1-4-5-6-7-8-9-10-11-12-13-14-15-16-17-18-22-26(34)33-27(35,28(29,30)31)23-25(32-33)21-19-20-24(2)3/h11-12,20,35H,4-10,13-19,21-23H2,1-3H3/b12-11-. The first-order valence-corrected chi connectivity index (χ1v) is 13.6. The molecule has 0 saturated carbocycles.